The Balaban J connectivity index is 1.47. The van der Waals surface area contributed by atoms with E-state index < -0.39 is 5.97 Å². The van der Waals surface area contributed by atoms with Gasteiger partial charge in [-0.25, -0.2) is 4.79 Å². The highest BCUT2D eigenvalue weighted by Crippen LogP contribution is 2.39. The molecule has 3 aromatic carbocycles. The summed E-state index contributed by atoms with van der Waals surface area (Å²) in [6, 6.07) is 22.0. The highest BCUT2D eigenvalue weighted by atomic mass is 16.5. The van der Waals surface area contributed by atoms with E-state index in [4.69, 9.17) is 4.74 Å². The molecule has 0 spiro atoms. The zero-order valence-corrected chi connectivity index (χ0v) is 20.1. The molecule has 7 nitrogen and oxygen atoms in total. The monoisotopic (exact) mass is 471 g/mol. The fraction of sp³-hybridized carbons (Fsp3) is 0.250. The van der Waals surface area contributed by atoms with Crippen LogP contribution in [0.25, 0.3) is 0 Å². The van der Waals surface area contributed by atoms with Crippen molar-refractivity contribution in [1.29, 1.82) is 0 Å². The van der Waals surface area contributed by atoms with Crippen LogP contribution in [0.3, 0.4) is 0 Å². The molecule has 0 saturated carbocycles. The number of ether oxygens (including phenoxy) is 1. The van der Waals surface area contributed by atoms with Gasteiger partial charge in [0.05, 0.1) is 18.7 Å². The van der Waals surface area contributed by atoms with E-state index in [0.29, 0.717) is 23.2 Å². The first kappa shape index (κ1) is 24.0. The van der Waals surface area contributed by atoms with Gasteiger partial charge in [-0.3, -0.25) is 9.59 Å². The molecule has 1 aliphatic heterocycles. The normalized spacial score (nSPS) is 16.7. The molecule has 0 radical (unpaired) electrons. The van der Waals surface area contributed by atoms with Crippen LogP contribution in [0.1, 0.15) is 59.0 Å². The molecule has 2 N–H and O–H groups in total. The van der Waals surface area contributed by atoms with Gasteiger partial charge < -0.3 is 20.3 Å². The number of hydrogen-bond donors (Lipinski definition) is 2. The first-order chi connectivity index (χ1) is 16.9. The van der Waals surface area contributed by atoms with Gasteiger partial charge in [-0.1, -0.05) is 31.2 Å². The summed E-state index contributed by atoms with van der Waals surface area (Å²) in [6.45, 7) is 3.95. The fourth-order valence-electron chi connectivity index (χ4n) is 4.46. The summed E-state index contributed by atoms with van der Waals surface area (Å²) in [6.07, 6.45) is 1.24. The second-order valence-electron chi connectivity index (χ2n) is 8.56. The molecule has 180 valence electrons. The Hall–Kier alpha value is -4.13. The predicted molar refractivity (Wildman–Crippen MR) is 137 cm³/mol. The van der Waals surface area contributed by atoms with E-state index in [2.05, 4.69) is 23.6 Å². The van der Waals surface area contributed by atoms with Crippen molar-refractivity contribution in [3.05, 3.63) is 89.5 Å². The molecular weight excluding hydrogens is 442 g/mol. The number of benzene rings is 3. The Labute approximate surface area is 205 Å². The van der Waals surface area contributed by atoms with Gasteiger partial charge in [0.25, 0.3) is 5.91 Å². The number of amides is 2. The van der Waals surface area contributed by atoms with E-state index in [1.165, 1.54) is 7.11 Å². The summed E-state index contributed by atoms with van der Waals surface area (Å²) in [5.41, 5.74) is 4.29. The molecule has 2 atom stereocenters. The maximum absolute atomic E-state index is 12.7. The van der Waals surface area contributed by atoms with Crippen molar-refractivity contribution in [2.75, 3.05) is 22.6 Å². The average Bonchev–Trinajstić information content (AvgIpc) is 2.88. The second-order valence-corrected chi connectivity index (χ2v) is 8.56. The van der Waals surface area contributed by atoms with Crippen molar-refractivity contribution in [1.82, 2.24) is 0 Å². The molecule has 7 heteroatoms. The molecule has 2 amide bonds. The van der Waals surface area contributed by atoms with E-state index in [9.17, 15) is 14.4 Å². The molecule has 3 aromatic rings. The van der Waals surface area contributed by atoms with Gasteiger partial charge in [-0.05, 0) is 67.4 Å². The number of anilines is 3. The number of methoxy groups -OCH3 is 1. The van der Waals surface area contributed by atoms with Crippen molar-refractivity contribution < 1.29 is 19.1 Å². The minimum absolute atomic E-state index is 0.0443. The van der Waals surface area contributed by atoms with Gasteiger partial charge in [-0.15, -0.1) is 0 Å². The maximum atomic E-state index is 12.7. The number of hydrogen-bond acceptors (Lipinski definition) is 5. The number of carbonyl (C=O) groups excluding carboxylic acids is 3. The summed E-state index contributed by atoms with van der Waals surface area (Å²) < 4.78 is 4.73. The SMILES string of the molecule is CCC(=O)N1c2ccccc2[C@H](Nc2ccc(C(=O)Nc3cccc(C(=O)OC)c3)cc2)C[C@@H]1C. The van der Waals surface area contributed by atoms with Gasteiger partial charge >= 0.3 is 5.97 Å². The third kappa shape index (κ3) is 5.19. The minimum Gasteiger partial charge on any atom is -0.465 e. The van der Waals surface area contributed by atoms with Gasteiger partial charge in [0.15, 0.2) is 0 Å². The fourth-order valence-corrected chi connectivity index (χ4v) is 4.46. The third-order valence-electron chi connectivity index (χ3n) is 6.19. The predicted octanol–water partition coefficient (Wildman–Crippen LogP) is 5.41. The van der Waals surface area contributed by atoms with Crippen LogP contribution in [-0.2, 0) is 9.53 Å². The lowest BCUT2D eigenvalue weighted by Crippen LogP contribution is -2.44. The van der Waals surface area contributed by atoms with Crippen LogP contribution < -0.4 is 15.5 Å². The number of fused-ring (bicyclic) bond motifs is 1. The lowest BCUT2D eigenvalue weighted by atomic mass is 9.91. The van der Waals surface area contributed by atoms with E-state index in [0.717, 1.165) is 23.4 Å². The van der Waals surface area contributed by atoms with Crippen molar-refractivity contribution in [3.63, 3.8) is 0 Å². The third-order valence-corrected chi connectivity index (χ3v) is 6.19. The summed E-state index contributed by atoms with van der Waals surface area (Å²) >= 11 is 0. The molecule has 0 bridgehead atoms. The Bertz CT molecular complexity index is 1240. The first-order valence-corrected chi connectivity index (χ1v) is 11.7. The molecule has 1 heterocycles. The largest absolute Gasteiger partial charge is 0.465 e. The van der Waals surface area contributed by atoms with Gasteiger partial charge in [-0.2, -0.15) is 0 Å². The van der Waals surface area contributed by atoms with Crippen LogP contribution in [-0.4, -0.2) is 30.9 Å². The van der Waals surface area contributed by atoms with E-state index in [1.807, 2.05) is 42.2 Å². The quantitative estimate of drug-likeness (QED) is 0.469. The first-order valence-electron chi connectivity index (χ1n) is 11.7. The molecule has 35 heavy (non-hydrogen) atoms. The smallest absolute Gasteiger partial charge is 0.337 e. The summed E-state index contributed by atoms with van der Waals surface area (Å²) in [5.74, 6) is -0.614. The molecule has 4 rings (SSSR count). The molecule has 0 aromatic heterocycles. The Kier molecular flexibility index (Phi) is 7.15. The number of nitrogens with one attached hydrogen (secondary N) is 2. The lowest BCUT2D eigenvalue weighted by molar-refractivity contribution is -0.118. The van der Waals surface area contributed by atoms with Crippen LogP contribution in [0.4, 0.5) is 17.1 Å². The van der Waals surface area contributed by atoms with Crippen molar-refractivity contribution in [2.45, 2.75) is 38.8 Å². The number of nitrogens with zero attached hydrogens (tertiary/aromatic N) is 1. The standard InChI is InChI=1S/C28H29N3O4/c1-4-26(32)31-18(2)16-24(23-10-5-6-11-25(23)31)29-21-14-12-19(13-15-21)27(33)30-22-9-7-8-20(17-22)28(34)35-3/h5-15,17-18,24,29H,4,16H2,1-3H3,(H,30,33)/t18-,24+/m0/s1. The van der Waals surface area contributed by atoms with Crippen LogP contribution in [0.15, 0.2) is 72.8 Å². The maximum Gasteiger partial charge on any atom is 0.337 e. The van der Waals surface area contributed by atoms with E-state index >= 15 is 0 Å². The molecule has 0 fully saturated rings. The van der Waals surface area contributed by atoms with Gasteiger partial charge in [0.2, 0.25) is 5.91 Å². The molecule has 0 saturated heterocycles. The topological polar surface area (TPSA) is 87.7 Å². The van der Waals surface area contributed by atoms with E-state index in [-0.39, 0.29) is 23.9 Å². The number of para-hydroxylation sites is 1. The van der Waals surface area contributed by atoms with Gasteiger partial charge in [0.1, 0.15) is 0 Å². The van der Waals surface area contributed by atoms with Crippen molar-refractivity contribution >= 4 is 34.8 Å². The summed E-state index contributed by atoms with van der Waals surface area (Å²) in [5, 5.41) is 6.38. The van der Waals surface area contributed by atoms with Crippen molar-refractivity contribution in [2.24, 2.45) is 0 Å². The molecule has 0 unspecified atom stereocenters. The van der Waals surface area contributed by atoms with Crippen LogP contribution in [0.5, 0.6) is 0 Å². The zero-order valence-electron chi connectivity index (χ0n) is 20.1. The Morgan fingerprint density at radius 3 is 2.40 bits per heavy atom. The summed E-state index contributed by atoms with van der Waals surface area (Å²) in [7, 11) is 1.32. The minimum atomic E-state index is -0.461. The van der Waals surface area contributed by atoms with Crippen molar-refractivity contribution in [3.8, 4) is 0 Å². The molecule has 0 aliphatic carbocycles. The highest BCUT2D eigenvalue weighted by Gasteiger charge is 2.32. The zero-order chi connectivity index (χ0) is 24.9. The van der Waals surface area contributed by atoms with Crippen LogP contribution in [0.2, 0.25) is 0 Å². The Morgan fingerprint density at radius 1 is 0.943 bits per heavy atom. The highest BCUT2D eigenvalue weighted by molar-refractivity contribution is 6.05. The number of esters is 1. The van der Waals surface area contributed by atoms with Crippen LogP contribution >= 0.6 is 0 Å². The number of carbonyl (C=O) groups is 3. The Morgan fingerprint density at radius 2 is 1.69 bits per heavy atom. The number of rotatable bonds is 6. The van der Waals surface area contributed by atoms with E-state index in [1.54, 1.807) is 36.4 Å². The summed E-state index contributed by atoms with van der Waals surface area (Å²) in [4.78, 5) is 38.9. The second kappa shape index (κ2) is 10.4. The van der Waals surface area contributed by atoms with Crippen LogP contribution in [0, 0.1) is 0 Å². The van der Waals surface area contributed by atoms with Gasteiger partial charge in [0, 0.05) is 35.1 Å². The molecule has 1 aliphatic rings. The average molecular weight is 472 g/mol. The lowest BCUT2D eigenvalue weighted by Gasteiger charge is -2.40. The molecular formula is C28H29N3O4.